The van der Waals surface area contributed by atoms with Crippen molar-refractivity contribution in [1.29, 1.82) is 0 Å². The van der Waals surface area contributed by atoms with E-state index in [0.717, 1.165) is 57.7 Å². The molecule has 4 heterocycles. The Morgan fingerprint density at radius 1 is 1.18 bits per heavy atom. The SMILES string of the molecule is Cc1nn(-c2ccccc2)c2sc(C(=O)OCc3nc4sc5c(c4c(=O)[nH]3)CCCC5)cc12. The van der Waals surface area contributed by atoms with E-state index in [0.29, 0.717) is 16.1 Å². The quantitative estimate of drug-likeness (QED) is 0.372. The molecule has 0 unspecified atom stereocenters. The van der Waals surface area contributed by atoms with Crippen molar-refractivity contribution in [3.8, 4) is 5.69 Å². The third kappa shape index (κ3) is 3.48. The number of H-pyrrole nitrogens is 1. The first-order chi connectivity index (χ1) is 16.1. The fourth-order valence-corrected chi connectivity index (χ4v) is 6.73. The van der Waals surface area contributed by atoms with Gasteiger partial charge in [-0.2, -0.15) is 5.10 Å². The van der Waals surface area contributed by atoms with Crippen molar-refractivity contribution in [2.75, 3.05) is 0 Å². The Kier molecular flexibility index (Phi) is 4.88. The first kappa shape index (κ1) is 20.3. The number of thiophene rings is 2. The summed E-state index contributed by atoms with van der Waals surface area (Å²) < 4.78 is 7.36. The fourth-order valence-electron chi connectivity index (χ4n) is 4.37. The van der Waals surface area contributed by atoms with Crippen LogP contribution in [0.2, 0.25) is 0 Å². The molecule has 1 aromatic carbocycles. The minimum absolute atomic E-state index is 0.0788. The monoisotopic (exact) mass is 476 g/mol. The zero-order valence-electron chi connectivity index (χ0n) is 17.9. The van der Waals surface area contributed by atoms with Crippen LogP contribution < -0.4 is 5.56 Å². The van der Waals surface area contributed by atoms with Gasteiger partial charge >= 0.3 is 5.97 Å². The van der Waals surface area contributed by atoms with Gasteiger partial charge in [0.2, 0.25) is 0 Å². The summed E-state index contributed by atoms with van der Waals surface area (Å²) in [4.78, 5) is 36.3. The van der Waals surface area contributed by atoms with E-state index in [1.807, 2.05) is 48.0 Å². The molecule has 0 fully saturated rings. The number of aromatic nitrogens is 4. The second kappa shape index (κ2) is 7.93. The minimum Gasteiger partial charge on any atom is -0.453 e. The average molecular weight is 477 g/mol. The van der Waals surface area contributed by atoms with Crippen molar-refractivity contribution < 1.29 is 9.53 Å². The molecule has 1 N–H and O–H groups in total. The molecule has 0 atom stereocenters. The van der Waals surface area contributed by atoms with E-state index in [9.17, 15) is 9.59 Å². The summed E-state index contributed by atoms with van der Waals surface area (Å²) in [5, 5.41) is 6.23. The first-order valence-electron chi connectivity index (χ1n) is 10.8. The highest BCUT2D eigenvalue weighted by atomic mass is 32.1. The average Bonchev–Trinajstić information content (AvgIpc) is 3.51. The van der Waals surface area contributed by atoms with Crippen molar-refractivity contribution >= 4 is 49.1 Å². The standard InChI is InChI=1S/C24H20N4O3S2/c1-13-16-11-18(33-23(16)28(27-13)14-7-3-2-4-8-14)24(30)31-12-19-25-21(29)20-15-9-5-6-10-17(15)32-22(20)26-19/h2-4,7-8,11H,5-6,9-10,12H2,1H3,(H,25,26,29). The summed E-state index contributed by atoms with van der Waals surface area (Å²) in [6.07, 6.45) is 4.19. The van der Waals surface area contributed by atoms with Crippen molar-refractivity contribution in [3.63, 3.8) is 0 Å². The van der Waals surface area contributed by atoms with Crippen LogP contribution in [0.4, 0.5) is 0 Å². The van der Waals surface area contributed by atoms with Crippen LogP contribution >= 0.6 is 22.7 Å². The van der Waals surface area contributed by atoms with Crippen LogP contribution in [0, 0.1) is 6.92 Å². The number of hydrogen-bond donors (Lipinski definition) is 1. The zero-order chi connectivity index (χ0) is 22.5. The van der Waals surface area contributed by atoms with Gasteiger partial charge in [-0.05, 0) is 56.4 Å². The van der Waals surface area contributed by atoms with Crippen LogP contribution in [-0.4, -0.2) is 25.7 Å². The Hall–Kier alpha value is -3.30. The molecule has 0 amide bonds. The van der Waals surface area contributed by atoms with Gasteiger partial charge in [0.05, 0.1) is 16.8 Å². The summed E-state index contributed by atoms with van der Waals surface area (Å²) in [5.41, 5.74) is 2.78. The van der Waals surface area contributed by atoms with Gasteiger partial charge in [-0.25, -0.2) is 14.5 Å². The summed E-state index contributed by atoms with van der Waals surface area (Å²) in [7, 11) is 0. The highest BCUT2D eigenvalue weighted by molar-refractivity contribution is 7.20. The van der Waals surface area contributed by atoms with E-state index in [1.54, 1.807) is 11.3 Å². The van der Waals surface area contributed by atoms with Gasteiger partial charge in [0.1, 0.15) is 27.0 Å². The molecule has 0 bridgehead atoms. The number of para-hydroxylation sites is 1. The maximum absolute atomic E-state index is 12.8. The number of fused-ring (bicyclic) bond motifs is 4. The molecule has 33 heavy (non-hydrogen) atoms. The third-order valence-corrected chi connectivity index (χ3v) is 8.24. The molecule has 0 saturated heterocycles. The first-order valence-corrected chi connectivity index (χ1v) is 12.5. The Bertz CT molecular complexity index is 1580. The van der Waals surface area contributed by atoms with Crippen LogP contribution in [0.3, 0.4) is 0 Å². The Morgan fingerprint density at radius 2 is 2.00 bits per heavy atom. The molecular weight excluding hydrogens is 456 g/mol. The molecule has 0 radical (unpaired) electrons. The molecule has 9 heteroatoms. The number of ether oxygens (including phenoxy) is 1. The molecule has 166 valence electrons. The van der Waals surface area contributed by atoms with E-state index in [4.69, 9.17) is 4.74 Å². The number of rotatable bonds is 4. The molecule has 7 nitrogen and oxygen atoms in total. The smallest absolute Gasteiger partial charge is 0.348 e. The van der Waals surface area contributed by atoms with Crippen molar-refractivity contribution in [2.45, 2.75) is 39.2 Å². The number of benzene rings is 1. The van der Waals surface area contributed by atoms with E-state index in [1.165, 1.54) is 16.2 Å². The number of aromatic amines is 1. The highest BCUT2D eigenvalue weighted by Gasteiger charge is 2.21. The summed E-state index contributed by atoms with van der Waals surface area (Å²) >= 11 is 2.93. The van der Waals surface area contributed by atoms with E-state index in [-0.39, 0.29) is 12.2 Å². The lowest BCUT2D eigenvalue weighted by molar-refractivity contribution is 0.0468. The summed E-state index contributed by atoms with van der Waals surface area (Å²) in [6, 6.07) is 11.6. The second-order valence-electron chi connectivity index (χ2n) is 8.14. The maximum atomic E-state index is 12.8. The van der Waals surface area contributed by atoms with Gasteiger partial charge in [-0.15, -0.1) is 22.7 Å². The van der Waals surface area contributed by atoms with E-state index < -0.39 is 5.97 Å². The predicted octanol–water partition coefficient (Wildman–Crippen LogP) is 4.93. The number of carbonyl (C=O) groups excluding carboxylic acids is 1. The normalized spacial score (nSPS) is 13.5. The molecule has 1 aliphatic carbocycles. The molecule has 0 saturated carbocycles. The highest BCUT2D eigenvalue weighted by Crippen LogP contribution is 2.34. The number of hydrogen-bond acceptors (Lipinski definition) is 7. The van der Waals surface area contributed by atoms with Gasteiger partial charge in [-0.1, -0.05) is 18.2 Å². The van der Waals surface area contributed by atoms with Gasteiger partial charge in [0.15, 0.2) is 0 Å². The van der Waals surface area contributed by atoms with Gasteiger partial charge in [0.25, 0.3) is 5.56 Å². The molecule has 0 aliphatic heterocycles. The Balaban J connectivity index is 1.26. The maximum Gasteiger partial charge on any atom is 0.348 e. The van der Waals surface area contributed by atoms with Crippen LogP contribution in [0.1, 0.15) is 44.5 Å². The number of aryl methyl sites for hydroxylation is 3. The fraction of sp³-hybridized carbons (Fsp3) is 0.250. The molecular formula is C24H20N4O3S2. The van der Waals surface area contributed by atoms with E-state index >= 15 is 0 Å². The van der Waals surface area contributed by atoms with Gasteiger partial charge < -0.3 is 9.72 Å². The molecule has 5 aromatic rings. The van der Waals surface area contributed by atoms with Crippen molar-refractivity contribution in [3.05, 3.63) is 73.6 Å². The minimum atomic E-state index is -0.441. The van der Waals surface area contributed by atoms with Crippen LogP contribution in [0.15, 0.2) is 41.2 Å². The second-order valence-corrected chi connectivity index (χ2v) is 10.3. The molecule has 1 aliphatic rings. The Morgan fingerprint density at radius 3 is 2.85 bits per heavy atom. The topological polar surface area (TPSA) is 89.9 Å². The van der Waals surface area contributed by atoms with Crippen molar-refractivity contribution in [1.82, 2.24) is 19.7 Å². The lowest BCUT2D eigenvalue weighted by Gasteiger charge is -2.09. The van der Waals surface area contributed by atoms with Crippen LogP contribution in [0.5, 0.6) is 0 Å². The number of esters is 1. The van der Waals surface area contributed by atoms with E-state index in [2.05, 4.69) is 15.1 Å². The summed E-state index contributed by atoms with van der Waals surface area (Å²) in [6.45, 7) is 1.85. The molecule has 4 aromatic heterocycles. The van der Waals surface area contributed by atoms with Gasteiger partial charge in [-0.3, -0.25) is 4.79 Å². The van der Waals surface area contributed by atoms with Gasteiger partial charge in [0, 0.05) is 10.3 Å². The molecule has 6 rings (SSSR count). The number of nitrogens with one attached hydrogen (secondary N) is 1. The number of nitrogens with zero attached hydrogens (tertiary/aromatic N) is 3. The van der Waals surface area contributed by atoms with Crippen molar-refractivity contribution in [2.24, 2.45) is 0 Å². The lowest BCUT2D eigenvalue weighted by Crippen LogP contribution is -2.15. The predicted molar refractivity (Wildman–Crippen MR) is 130 cm³/mol. The largest absolute Gasteiger partial charge is 0.453 e. The number of carbonyl (C=O) groups is 1. The third-order valence-electron chi connectivity index (χ3n) is 5.96. The molecule has 0 spiro atoms. The Labute approximate surface area is 196 Å². The van der Waals surface area contributed by atoms with Crippen LogP contribution in [-0.2, 0) is 24.2 Å². The zero-order valence-corrected chi connectivity index (χ0v) is 19.5. The lowest BCUT2D eigenvalue weighted by atomic mass is 9.97. The summed E-state index contributed by atoms with van der Waals surface area (Å²) in [5.74, 6) is -0.0735. The van der Waals surface area contributed by atoms with Crippen LogP contribution in [0.25, 0.3) is 26.1 Å².